The van der Waals surface area contributed by atoms with Crippen molar-refractivity contribution in [2.24, 2.45) is 0 Å². The average molecular weight is 543 g/mol. The maximum Gasteiger partial charge on any atom is 0.244 e. The first-order chi connectivity index (χ1) is 16.5. The Balaban J connectivity index is 2.41. The van der Waals surface area contributed by atoms with Crippen molar-refractivity contribution in [2.45, 2.75) is 52.6 Å². The maximum absolute atomic E-state index is 13.6. The lowest BCUT2D eigenvalue weighted by molar-refractivity contribution is -0.140. The van der Waals surface area contributed by atoms with E-state index in [0.29, 0.717) is 13.0 Å². The number of unbranched alkanes of at least 4 members (excludes halogenated alkanes) is 1. The highest BCUT2D eigenvalue weighted by atomic mass is 35.5. The van der Waals surface area contributed by atoms with E-state index in [-0.39, 0.29) is 28.2 Å². The standard InChI is InChI=1S/C25H33Cl2N3O4S/c1-5-7-14-28-25(32)23(6-2)29(16-19-10-8-18(3)9-11-19)24(31)17-30(35(4,33)34)20-12-13-21(26)22(27)15-20/h8-13,15,23H,5-7,14,16-17H2,1-4H3,(H,28,32)/t23-/m1/s1. The molecule has 0 spiro atoms. The minimum Gasteiger partial charge on any atom is -0.354 e. The fraction of sp³-hybridized carbons (Fsp3) is 0.440. The van der Waals surface area contributed by atoms with E-state index in [4.69, 9.17) is 23.2 Å². The summed E-state index contributed by atoms with van der Waals surface area (Å²) < 4.78 is 26.2. The number of aryl methyl sites for hydroxylation is 1. The summed E-state index contributed by atoms with van der Waals surface area (Å²) in [5, 5.41) is 3.34. The molecule has 0 heterocycles. The summed E-state index contributed by atoms with van der Waals surface area (Å²) in [5.41, 5.74) is 2.12. The molecule has 0 bridgehead atoms. The molecule has 0 aliphatic rings. The Hall–Kier alpha value is -2.29. The van der Waals surface area contributed by atoms with Crippen molar-refractivity contribution in [1.29, 1.82) is 0 Å². The normalized spacial score (nSPS) is 12.2. The molecule has 0 aliphatic carbocycles. The lowest BCUT2D eigenvalue weighted by Crippen LogP contribution is -2.52. The molecule has 2 amide bonds. The fourth-order valence-corrected chi connectivity index (χ4v) is 4.70. The Morgan fingerprint density at radius 1 is 1.03 bits per heavy atom. The highest BCUT2D eigenvalue weighted by molar-refractivity contribution is 7.92. The lowest BCUT2D eigenvalue weighted by atomic mass is 10.1. The number of halogens is 2. The van der Waals surface area contributed by atoms with Gasteiger partial charge in [-0.3, -0.25) is 13.9 Å². The molecule has 10 heteroatoms. The molecule has 0 radical (unpaired) electrons. The van der Waals surface area contributed by atoms with E-state index in [1.165, 1.54) is 23.1 Å². The van der Waals surface area contributed by atoms with Crippen LogP contribution in [0.25, 0.3) is 0 Å². The first kappa shape index (κ1) is 28.9. The topological polar surface area (TPSA) is 86.8 Å². The Morgan fingerprint density at radius 2 is 1.69 bits per heavy atom. The lowest BCUT2D eigenvalue weighted by Gasteiger charge is -2.33. The van der Waals surface area contributed by atoms with E-state index in [1.807, 2.05) is 45.0 Å². The smallest absolute Gasteiger partial charge is 0.244 e. The highest BCUT2D eigenvalue weighted by Crippen LogP contribution is 2.28. The molecule has 1 N–H and O–H groups in total. The number of rotatable bonds is 12. The monoisotopic (exact) mass is 541 g/mol. The second-order valence-electron chi connectivity index (χ2n) is 8.44. The molecule has 2 aromatic carbocycles. The van der Waals surface area contributed by atoms with Gasteiger partial charge < -0.3 is 10.2 Å². The van der Waals surface area contributed by atoms with Gasteiger partial charge in [0.25, 0.3) is 0 Å². The van der Waals surface area contributed by atoms with Crippen LogP contribution < -0.4 is 9.62 Å². The number of sulfonamides is 1. The number of amides is 2. The molecule has 0 fully saturated rings. The van der Waals surface area contributed by atoms with Gasteiger partial charge in [0.15, 0.2) is 0 Å². The van der Waals surface area contributed by atoms with Crippen molar-refractivity contribution in [3.05, 3.63) is 63.6 Å². The Labute approximate surface area is 218 Å². The van der Waals surface area contributed by atoms with E-state index in [1.54, 1.807) is 0 Å². The molecule has 0 aliphatic heterocycles. The molecule has 192 valence electrons. The van der Waals surface area contributed by atoms with Crippen LogP contribution >= 0.6 is 23.2 Å². The van der Waals surface area contributed by atoms with Crippen molar-refractivity contribution >= 4 is 50.7 Å². The second kappa shape index (κ2) is 13.1. The molecule has 35 heavy (non-hydrogen) atoms. The number of nitrogens with one attached hydrogen (secondary N) is 1. The summed E-state index contributed by atoms with van der Waals surface area (Å²) in [6.45, 7) is 6.01. The zero-order chi connectivity index (χ0) is 26.2. The van der Waals surface area contributed by atoms with Gasteiger partial charge in [-0.25, -0.2) is 8.42 Å². The summed E-state index contributed by atoms with van der Waals surface area (Å²) >= 11 is 12.1. The molecule has 0 saturated carbocycles. The van der Waals surface area contributed by atoms with Crippen LogP contribution in [0.4, 0.5) is 5.69 Å². The van der Waals surface area contributed by atoms with Gasteiger partial charge in [-0.1, -0.05) is 73.3 Å². The van der Waals surface area contributed by atoms with Gasteiger partial charge in [-0.05, 0) is 43.5 Å². The van der Waals surface area contributed by atoms with Crippen molar-refractivity contribution in [2.75, 3.05) is 23.7 Å². The first-order valence-electron chi connectivity index (χ1n) is 11.5. The van der Waals surface area contributed by atoms with Gasteiger partial charge >= 0.3 is 0 Å². The molecule has 0 aromatic heterocycles. The number of hydrogen-bond acceptors (Lipinski definition) is 4. The third-order valence-electron chi connectivity index (χ3n) is 5.56. The third kappa shape index (κ3) is 8.40. The summed E-state index contributed by atoms with van der Waals surface area (Å²) in [5.74, 6) is -0.763. The first-order valence-corrected chi connectivity index (χ1v) is 14.1. The largest absolute Gasteiger partial charge is 0.354 e. The molecule has 1 atom stereocenters. The summed E-state index contributed by atoms with van der Waals surface area (Å²) in [7, 11) is -3.84. The van der Waals surface area contributed by atoms with E-state index in [0.717, 1.165) is 34.5 Å². The zero-order valence-electron chi connectivity index (χ0n) is 20.6. The highest BCUT2D eigenvalue weighted by Gasteiger charge is 2.31. The van der Waals surface area contributed by atoms with Crippen LogP contribution in [0.3, 0.4) is 0 Å². The number of nitrogens with zero attached hydrogens (tertiary/aromatic N) is 2. The maximum atomic E-state index is 13.6. The van der Waals surface area contributed by atoms with Gasteiger partial charge in [0, 0.05) is 13.1 Å². The van der Waals surface area contributed by atoms with Crippen LogP contribution in [0, 0.1) is 6.92 Å². The van der Waals surface area contributed by atoms with Gasteiger partial charge in [0.2, 0.25) is 21.8 Å². The van der Waals surface area contributed by atoms with Crippen LogP contribution in [0.5, 0.6) is 0 Å². The molecule has 2 aromatic rings. The predicted octanol–water partition coefficient (Wildman–Crippen LogP) is 4.79. The Bertz CT molecular complexity index is 1120. The number of carbonyl (C=O) groups excluding carboxylic acids is 2. The number of anilines is 1. The quantitative estimate of drug-likeness (QED) is 0.391. The van der Waals surface area contributed by atoms with Crippen molar-refractivity contribution in [1.82, 2.24) is 10.2 Å². The van der Waals surface area contributed by atoms with Crippen molar-refractivity contribution in [3.8, 4) is 0 Å². The SMILES string of the molecule is CCCCNC(=O)[C@@H](CC)N(Cc1ccc(C)cc1)C(=O)CN(c1ccc(Cl)c(Cl)c1)S(C)(=O)=O. The number of carbonyl (C=O) groups is 2. The minimum absolute atomic E-state index is 0.164. The molecule has 0 unspecified atom stereocenters. The average Bonchev–Trinajstić information content (AvgIpc) is 2.80. The zero-order valence-corrected chi connectivity index (χ0v) is 22.9. The van der Waals surface area contributed by atoms with Gasteiger partial charge in [-0.15, -0.1) is 0 Å². The van der Waals surface area contributed by atoms with Crippen LogP contribution in [0.1, 0.15) is 44.2 Å². The minimum atomic E-state index is -3.84. The Morgan fingerprint density at radius 3 is 2.23 bits per heavy atom. The molecule has 0 saturated heterocycles. The van der Waals surface area contributed by atoms with E-state index < -0.39 is 28.5 Å². The molecular formula is C25H33Cl2N3O4S. The number of hydrogen-bond donors (Lipinski definition) is 1. The van der Waals surface area contributed by atoms with Crippen LogP contribution in [-0.2, 0) is 26.2 Å². The molecule has 2 rings (SSSR count). The van der Waals surface area contributed by atoms with Gasteiger partial charge in [0.05, 0.1) is 22.0 Å². The van der Waals surface area contributed by atoms with E-state index in [2.05, 4.69) is 5.32 Å². The molecule has 7 nitrogen and oxygen atoms in total. The van der Waals surface area contributed by atoms with Crippen molar-refractivity contribution in [3.63, 3.8) is 0 Å². The predicted molar refractivity (Wildman–Crippen MR) is 142 cm³/mol. The van der Waals surface area contributed by atoms with Crippen LogP contribution in [-0.4, -0.2) is 50.5 Å². The van der Waals surface area contributed by atoms with Gasteiger partial charge in [0.1, 0.15) is 12.6 Å². The van der Waals surface area contributed by atoms with Crippen molar-refractivity contribution < 1.29 is 18.0 Å². The molecular weight excluding hydrogens is 509 g/mol. The van der Waals surface area contributed by atoms with Crippen LogP contribution in [0.15, 0.2) is 42.5 Å². The van der Waals surface area contributed by atoms with E-state index in [9.17, 15) is 18.0 Å². The van der Waals surface area contributed by atoms with Crippen LogP contribution in [0.2, 0.25) is 10.0 Å². The third-order valence-corrected chi connectivity index (χ3v) is 7.44. The van der Waals surface area contributed by atoms with Gasteiger partial charge in [-0.2, -0.15) is 0 Å². The summed E-state index contributed by atoms with van der Waals surface area (Å²) in [4.78, 5) is 28.1. The second-order valence-corrected chi connectivity index (χ2v) is 11.2. The Kier molecular flexibility index (Phi) is 10.9. The van der Waals surface area contributed by atoms with E-state index >= 15 is 0 Å². The fourth-order valence-electron chi connectivity index (χ4n) is 3.57. The summed E-state index contributed by atoms with van der Waals surface area (Å²) in [6, 6.07) is 11.3. The number of benzene rings is 2. The summed E-state index contributed by atoms with van der Waals surface area (Å²) in [6.07, 6.45) is 3.15.